The van der Waals surface area contributed by atoms with E-state index in [0.29, 0.717) is 5.92 Å². The average Bonchev–Trinajstić information content (AvgIpc) is 2.39. The van der Waals surface area contributed by atoms with Gasteiger partial charge < -0.3 is 5.73 Å². The first-order chi connectivity index (χ1) is 7.81. The molecule has 3 unspecified atom stereocenters. The van der Waals surface area contributed by atoms with Gasteiger partial charge in [0.25, 0.3) is 0 Å². The molecule has 3 heteroatoms. The zero-order valence-corrected chi connectivity index (χ0v) is 9.97. The highest BCUT2D eigenvalue weighted by atomic mass is 14.8. The summed E-state index contributed by atoms with van der Waals surface area (Å²) in [5.41, 5.74) is 7.23. The Morgan fingerprint density at radius 3 is 3.00 bits per heavy atom. The molecule has 3 nitrogen and oxygen atoms in total. The van der Waals surface area contributed by atoms with E-state index in [4.69, 9.17) is 5.73 Å². The lowest BCUT2D eigenvalue weighted by Gasteiger charge is -2.32. The van der Waals surface area contributed by atoms with Gasteiger partial charge in [-0.05, 0) is 24.7 Å². The van der Waals surface area contributed by atoms with Gasteiger partial charge in [-0.3, -0.25) is 9.97 Å². The second kappa shape index (κ2) is 5.39. The van der Waals surface area contributed by atoms with E-state index in [1.165, 1.54) is 32.1 Å². The van der Waals surface area contributed by atoms with E-state index >= 15 is 0 Å². The second-order valence-corrected chi connectivity index (χ2v) is 4.86. The van der Waals surface area contributed by atoms with Gasteiger partial charge in [0.05, 0.1) is 11.7 Å². The van der Waals surface area contributed by atoms with Crippen molar-refractivity contribution in [1.29, 1.82) is 0 Å². The summed E-state index contributed by atoms with van der Waals surface area (Å²) in [6.07, 6.45) is 11.7. The Morgan fingerprint density at radius 2 is 2.31 bits per heavy atom. The summed E-state index contributed by atoms with van der Waals surface area (Å²) in [7, 11) is 0. The molecule has 0 amide bonds. The molecule has 1 aliphatic carbocycles. The predicted octanol–water partition coefficient (Wildman–Crippen LogP) is 2.69. The number of hydrogen-bond donors (Lipinski definition) is 1. The van der Waals surface area contributed by atoms with Gasteiger partial charge in [-0.1, -0.05) is 26.2 Å². The Bertz CT molecular complexity index is 312. The van der Waals surface area contributed by atoms with Crippen molar-refractivity contribution < 1.29 is 0 Å². The van der Waals surface area contributed by atoms with Crippen LogP contribution in [0, 0.1) is 11.8 Å². The van der Waals surface area contributed by atoms with Gasteiger partial charge in [0.1, 0.15) is 0 Å². The van der Waals surface area contributed by atoms with E-state index < -0.39 is 0 Å². The minimum Gasteiger partial charge on any atom is -0.322 e. The zero-order chi connectivity index (χ0) is 11.4. The number of rotatable bonds is 3. The molecule has 1 aromatic heterocycles. The van der Waals surface area contributed by atoms with E-state index in [2.05, 4.69) is 16.9 Å². The molecule has 1 fully saturated rings. The molecule has 0 bridgehead atoms. The number of nitrogens with zero attached hydrogens (tertiary/aromatic N) is 2. The van der Waals surface area contributed by atoms with Crippen molar-refractivity contribution in [2.24, 2.45) is 17.6 Å². The quantitative estimate of drug-likeness (QED) is 0.850. The van der Waals surface area contributed by atoms with Crippen molar-refractivity contribution in [3.8, 4) is 0 Å². The van der Waals surface area contributed by atoms with Crippen LogP contribution in [-0.2, 0) is 0 Å². The third-order valence-electron chi connectivity index (χ3n) is 3.83. The van der Waals surface area contributed by atoms with E-state index in [1.54, 1.807) is 18.6 Å². The van der Waals surface area contributed by atoms with E-state index in [0.717, 1.165) is 11.6 Å². The molecule has 2 rings (SSSR count). The Morgan fingerprint density at radius 1 is 1.44 bits per heavy atom. The first-order valence-electron chi connectivity index (χ1n) is 6.32. The summed E-state index contributed by atoms with van der Waals surface area (Å²) in [5.74, 6) is 1.46. The molecular formula is C13H21N3. The fraction of sp³-hybridized carbons (Fsp3) is 0.692. The summed E-state index contributed by atoms with van der Waals surface area (Å²) < 4.78 is 0. The Labute approximate surface area is 97.5 Å². The van der Waals surface area contributed by atoms with Crippen LogP contribution in [0.4, 0.5) is 0 Å². The summed E-state index contributed by atoms with van der Waals surface area (Å²) in [4.78, 5) is 8.41. The summed E-state index contributed by atoms with van der Waals surface area (Å²) in [5, 5.41) is 0. The van der Waals surface area contributed by atoms with Crippen LogP contribution in [0.5, 0.6) is 0 Å². The number of aromatic nitrogens is 2. The molecule has 1 saturated carbocycles. The molecular weight excluding hydrogens is 198 g/mol. The lowest BCUT2D eigenvalue weighted by molar-refractivity contribution is 0.228. The molecule has 1 aromatic rings. The molecule has 1 aliphatic rings. The number of nitrogens with two attached hydrogens (primary N) is 1. The largest absolute Gasteiger partial charge is 0.322 e. The monoisotopic (exact) mass is 219 g/mol. The molecule has 0 radical (unpaired) electrons. The fourth-order valence-electron chi connectivity index (χ4n) is 2.75. The van der Waals surface area contributed by atoms with Crippen LogP contribution in [0.25, 0.3) is 0 Å². The third kappa shape index (κ3) is 2.59. The first kappa shape index (κ1) is 11.5. The topological polar surface area (TPSA) is 51.8 Å². The van der Waals surface area contributed by atoms with Crippen LogP contribution in [0.1, 0.15) is 50.8 Å². The minimum absolute atomic E-state index is 0.0723. The summed E-state index contributed by atoms with van der Waals surface area (Å²) >= 11 is 0. The molecule has 88 valence electrons. The van der Waals surface area contributed by atoms with Gasteiger partial charge in [-0.2, -0.15) is 0 Å². The van der Waals surface area contributed by atoms with Gasteiger partial charge in [0.2, 0.25) is 0 Å². The lowest BCUT2D eigenvalue weighted by atomic mass is 9.76. The highest BCUT2D eigenvalue weighted by Gasteiger charge is 2.27. The molecule has 0 saturated heterocycles. The van der Waals surface area contributed by atoms with Crippen molar-refractivity contribution in [3.05, 3.63) is 24.3 Å². The van der Waals surface area contributed by atoms with Crippen molar-refractivity contribution in [3.63, 3.8) is 0 Å². The molecule has 2 N–H and O–H groups in total. The van der Waals surface area contributed by atoms with Crippen LogP contribution in [-0.4, -0.2) is 9.97 Å². The van der Waals surface area contributed by atoms with Gasteiger partial charge in [-0.25, -0.2) is 0 Å². The van der Waals surface area contributed by atoms with Crippen molar-refractivity contribution in [2.45, 2.75) is 45.1 Å². The van der Waals surface area contributed by atoms with Gasteiger partial charge in [0.15, 0.2) is 0 Å². The van der Waals surface area contributed by atoms with Gasteiger partial charge >= 0.3 is 0 Å². The average molecular weight is 219 g/mol. The summed E-state index contributed by atoms with van der Waals surface area (Å²) in [6, 6.07) is 0.0723. The minimum atomic E-state index is 0.0723. The zero-order valence-electron chi connectivity index (χ0n) is 9.97. The maximum Gasteiger partial charge on any atom is 0.0756 e. The number of hydrogen-bond acceptors (Lipinski definition) is 3. The maximum absolute atomic E-state index is 6.28. The van der Waals surface area contributed by atoms with E-state index in [9.17, 15) is 0 Å². The first-order valence-corrected chi connectivity index (χ1v) is 6.32. The van der Waals surface area contributed by atoms with Gasteiger partial charge in [-0.15, -0.1) is 0 Å². The van der Waals surface area contributed by atoms with Crippen molar-refractivity contribution >= 4 is 0 Å². The molecule has 1 heterocycles. The Balaban J connectivity index is 2.01. The molecule has 3 atom stereocenters. The van der Waals surface area contributed by atoms with E-state index in [1.807, 2.05) is 0 Å². The van der Waals surface area contributed by atoms with Crippen molar-refractivity contribution in [1.82, 2.24) is 9.97 Å². The molecule has 0 aliphatic heterocycles. The van der Waals surface area contributed by atoms with Crippen LogP contribution in [0.3, 0.4) is 0 Å². The Kier molecular flexibility index (Phi) is 3.88. The summed E-state index contributed by atoms with van der Waals surface area (Å²) in [6.45, 7) is 2.28. The van der Waals surface area contributed by atoms with E-state index in [-0.39, 0.29) is 6.04 Å². The lowest BCUT2D eigenvalue weighted by Crippen LogP contribution is -2.27. The highest BCUT2D eigenvalue weighted by Crippen LogP contribution is 2.36. The second-order valence-electron chi connectivity index (χ2n) is 4.86. The smallest absolute Gasteiger partial charge is 0.0756 e. The Hall–Kier alpha value is -0.960. The molecule has 0 spiro atoms. The molecule has 0 aromatic carbocycles. The predicted molar refractivity (Wildman–Crippen MR) is 64.7 cm³/mol. The standard InChI is InChI=1S/C13H21N3/c1-2-10-4-3-5-11(8-10)13(14)12-9-15-6-7-16-12/h6-7,9-11,13H,2-5,8,14H2,1H3. The van der Waals surface area contributed by atoms with Crippen LogP contribution < -0.4 is 5.73 Å². The van der Waals surface area contributed by atoms with Crippen molar-refractivity contribution in [2.75, 3.05) is 0 Å². The fourth-order valence-corrected chi connectivity index (χ4v) is 2.75. The van der Waals surface area contributed by atoms with Crippen LogP contribution in [0.15, 0.2) is 18.6 Å². The third-order valence-corrected chi connectivity index (χ3v) is 3.83. The van der Waals surface area contributed by atoms with Crippen LogP contribution in [0.2, 0.25) is 0 Å². The molecule has 16 heavy (non-hydrogen) atoms. The van der Waals surface area contributed by atoms with Gasteiger partial charge in [0, 0.05) is 18.6 Å². The maximum atomic E-state index is 6.28. The SMILES string of the molecule is CCC1CCCC(C(N)c2cnccn2)C1. The van der Waals surface area contributed by atoms with Crippen LogP contribution >= 0.6 is 0 Å². The normalized spacial score (nSPS) is 27.6. The highest BCUT2D eigenvalue weighted by molar-refractivity contribution is 5.03.